The highest BCUT2D eigenvalue weighted by atomic mass is 35.5. The molecule has 5 rings (SSSR count). The molecular weight excluding hydrogens is 459 g/mol. The van der Waals surface area contributed by atoms with Gasteiger partial charge in [-0.05, 0) is 24.3 Å². The fourth-order valence-corrected chi connectivity index (χ4v) is 5.37. The van der Waals surface area contributed by atoms with E-state index in [0.29, 0.717) is 42.0 Å². The van der Waals surface area contributed by atoms with Crippen LogP contribution >= 0.6 is 35.1 Å². The predicted molar refractivity (Wildman–Crippen MR) is 125 cm³/mol. The molecule has 1 saturated heterocycles. The number of amides is 1. The zero-order chi connectivity index (χ0) is 20.5. The van der Waals surface area contributed by atoms with Gasteiger partial charge in [-0.15, -0.1) is 23.7 Å². The lowest BCUT2D eigenvalue weighted by Crippen LogP contribution is -2.43. The standard InChI is InChI=1S/C21H19FN4O2S2.ClH/c22-14-4-3-7-17-18(14)24-21(30-17)26(9-8-25-10-12-28-13-11-25)20(27)19-23-15-5-1-2-6-16(15)29-19;/h1-7H,8-13H2;1H. The highest BCUT2D eigenvalue weighted by molar-refractivity contribution is 7.23. The third-order valence-corrected chi connectivity index (χ3v) is 7.12. The second kappa shape index (κ2) is 9.54. The molecule has 31 heavy (non-hydrogen) atoms. The van der Waals surface area contributed by atoms with Crippen molar-refractivity contribution in [3.63, 3.8) is 0 Å². The molecule has 6 nitrogen and oxygen atoms in total. The van der Waals surface area contributed by atoms with Gasteiger partial charge in [0, 0.05) is 26.2 Å². The van der Waals surface area contributed by atoms with Gasteiger partial charge in [0.1, 0.15) is 11.3 Å². The third kappa shape index (κ3) is 4.56. The number of nitrogens with zero attached hydrogens (tertiary/aromatic N) is 4. The molecule has 0 aliphatic carbocycles. The summed E-state index contributed by atoms with van der Waals surface area (Å²) < 4.78 is 21.3. The smallest absolute Gasteiger partial charge is 0.289 e. The van der Waals surface area contributed by atoms with Crippen LogP contribution in [0.15, 0.2) is 42.5 Å². The summed E-state index contributed by atoms with van der Waals surface area (Å²) in [5.74, 6) is -0.584. The van der Waals surface area contributed by atoms with Crippen molar-refractivity contribution in [1.29, 1.82) is 0 Å². The number of halogens is 2. The van der Waals surface area contributed by atoms with E-state index in [2.05, 4.69) is 14.9 Å². The van der Waals surface area contributed by atoms with Gasteiger partial charge in [0.15, 0.2) is 10.1 Å². The first-order valence-corrected chi connectivity index (χ1v) is 11.3. The topological polar surface area (TPSA) is 58.6 Å². The average molecular weight is 479 g/mol. The van der Waals surface area contributed by atoms with E-state index in [4.69, 9.17) is 4.74 Å². The van der Waals surface area contributed by atoms with Crippen molar-refractivity contribution >= 4 is 66.6 Å². The van der Waals surface area contributed by atoms with Gasteiger partial charge in [0.2, 0.25) is 0 Å². The summed E-state index contributed by atoms with van der Waals surface area (Å²) in [5, 5.41) is 0.908. The van der Waals surface area contributed by atoms with Crippen molar-refractivity contribution < 1.29 is 13.9 Å². The van der Waals surface area contributed by atoms with Crippen LogP contribution in [0.1, 0.15) is 9.80 Å². The Morgan fingerprint density at radius 2 is 1.84 bits per heavy atom. The number of morpholine rings is 1. The summed E-state index contributed by atoms with van der Waals surface area (Å²) in [4.78, 5) is 26.3. The van der Waals surface area contributed by atoms with E-state index < -0.39 is 0 Å². The second-order valence-corrected chi connectivity index (χ2v) is 9.02. The van der Waals surface area contributed by atoms with Crippen molar-refractivity contribution in [1.82, 2.24) is 14.9 Å². The van der Waals surface area contributed by atoms with Crippen LogP contribution in [-0.2, 0) is 4.74 Å². The van der Waals surface area contributed by atoms with Crippen molar-refractivity contribution in [3.8, 4) is 0 Å². The third-order valence-electron chi connectivity index (χ3n) is 5.05. The minimum absolute atomic E-state index is 0. The quantitative estimate of drug-likeness (QED) is 0.424. The minimum Gasteiger partial charge on any atom is -0.379 e. The van der Waals surface area contributed by atoms with Crippen LogP contribution in [-0.4, -0.2) is 60.2 Å². The predicted octanol–water partition coefficient (Wildman–Crippen LogP) is 4.45. The van der Waals surface area contributed by atoms with E-state index in [-0.39, 0.29) is 24.1 Å². The molecule has 4 aromatic rings. The summed E-state index contributed by atoms with van der Waals surface area (Å²) in [6.45, 7) is 4.19. The second-order valence-electron chi connectivity index (χ2n) is 6.98. The fourth-order valence-electron chi connectivity index (χ4n) is 3.45. The number of aromatic nitrogens is 2. The monoisotopic (exact) mass is 478 g/mol. The summed E-state index contributed by atoms with van der Waals surface area (Å²) in [6, 6.07) is 12.6. The van der Waals surface area contributed by atoms with Gasteiger partial charge in [0.25, 0.3) is 5.91 Å². The molecule has 2 aromatic carbocycles. The molecule has 0 saturated carbocycles. The summed E-state index contributed by atoms with van der Waals surface area (Å²) >= 11 is 2.69. The zero-order valence-electron chi connectivity index (χ0n) is 16.5. The largest absolute Gasteiger partial charge is 0.379 e. The van der Waals surface area contributed by atoms with Crippen LogP contribution in [0.3, 0.4) is 0 Å². The van der Waals surface area contributed by atoms with Crippen molar-refractivity contribution in [2.75, 3.05) is 44.3 Å². The maximum Gasteiger partial charge on any atom is 0.289 e. The molecule has 1 aliphatic heterocycles. The van der Waals surface area contributed by atoms with Crippen molar-refractivity contribution in [2.45, 2.75) is 0 Å². The first-order chi connectivity index (χ1) is 14.7. The first kappa shape index (κ1) is 22.0. The number of rotatable bonds is 5. The van der Waals surface area contributed by atoms with E-state index in [9.17, 15) is 9.18 Å². The Hall–Kier alpha value is -2.17. The van der Waals surface area contributed by atoms with Crippen LogP contribution < -0.4 is 4.90 Å². The van der Waals surface area contributed by atoms with Gasteiger partial charge in [-0.3, -0.25) is 14.6 Å². The number of ether oxygens (including phenoxy) is 1. The number of anilines is 1. The molecule has 3 heterocycles. The number of para-hydroxylation sites is 2. The lowest BCUT2D eigenvalue weighted by atomic mass is 10.3. The fraction of sp³-hybridized carbons (Fsp3) is 0.286. The molecule has 0 N–H and O–H groups in total. The molecule has 1 amide bonds. The highest BCUT2D eigenvalue weighted by Crippen LogP contribution is 2.32. The summed E-state index contributed by atoms with van der Waals surface area (Å²) in [5.41, 5.74) is 1.10. The Morgan fingerprint density at radius 1 is 1.06 bits per heavy atom. The Morgan fingerprint density at radius 3 is 2.61 bits per heavy atom. The van der Waals surface area contributed by atoms with Gasteiger partial charge < -0.3 is 4.74 Å². The van der Waals surface area contributed by atoms with Crippen LogP contribution in [0.5, 0.6) is 0 Å². The number of fused-ring (bicyclic) bond motifs is 2. The molecule has 0 spiro atoms. The Kier molecular flexibility index (Phi) is 6.78. The molecule has 10 heteroatoms. The number of carbonyl (C=O) groups is 1. The van der Waals surface area contributed by atoms with Gasteiger partial charge in [-0.2, -0.15) is 0 Å². The van der Waals surface area contributed by atoms with E-state index >= 15 is 0 Å². The van der Waals surface area contributed by atoms with E-state index in [1.165, 1.54) is 28.7 Å². The minimum atomic E-state index is -0.379. The summed E-state index contributed by atoms with van der Waals surface area (Å²) in [6.07, 6.45) is 0. The molecule has 0 unspecified atom stereocenters. The van der Waals surface area contributed by atoms with Crippen molar-refractivity contribution in [3.05, 3.63) is 53.3 Å². The van der Waals surface area contributed by atoms with Gasteiger partial charge >= 0.3 is 0 Å². The number of carbonyl (C=O) groups excluding carboxylic acids is 1. The number of hydrogen-bond donors (Lipinski definition) is 0. The van der Waals surface area contributed by atoms with Gasteiger partial charge in [-0.1, -0.05) is 29.5 Å². The Labute approximate surface area is 192 Å². The molecule has 0 atom stereocenters. The van der Waals surface area contributed by atoms with E-state index in [1.807, 2.05) is 30.3 Å². The molecule has 0 bridgehead atoms. The van der Waals surface area contributed by atoms with Crippen LogP contribution in [0.2, 0.25) is 0 Å². The molecule has 2 aromatic heterocycles. The maximum atomic E-state index is 14.2. The first-order valence-electron chi connectivity index (χ1n) is 9.71. The number of thiazole rings is 2. The lowest BCUT2D eigenvalue weighted by molar-refractivity contribution is 0.0391. The van der Waals surface area contributed by atoms with Crippen LogP contribution in [0, 0.1) is 5.82 Å². The molecule has 1 aliphatic rings. The molecule has 0 radical (unpaired) electrons. The lowest BCUT2D eigenvalue weighted by Gasteiger charge is -2.28. The Bertz CT molecular complexity index is 1180. The van der Waals surface area contributed by atoms with Crippen LogP contribution in [0.4, 0.5) is 9.52 Å². The van der Waals surface area contributed by atoms with Gasteiger partial charge in [0.05, 0.1) is 28.1 Å². The van der Waals surface area contributed by atoms with E-state index in [0.717, 1.165) is 28.0 Å². The maximum absolute atomic E-state index is 14.2. The number of hydrogen-bond acceptors (Lipinski definition) is 7. The normalized spacial score (nSPS) is 14.6. The molecular formula is C21H20ClFN4O2S2. The highest BCUT2D eigenvalue weighted by Gasteiger charge is 2.25. The van der Waals surface area contributed by atoms with Gasteiger partial charge in [-0.25, -0.2) is 14.4 Å². The SMILES string of the molecule is Cl.O=C(c1nc2ccccc2s1)N(CCN1CCOCC1)c1nc2c(F)cccc2s1. The van der Waals surface area contributed by atoms with E-state index in [1.54, 1.807) is 11.0 Å². The Balaban J connectivity index is 0.00000231. The summed E-state index contributed by atoms with van der Waals surface area (Å²) in [7, 11) is 0. The number of benzene rings is 2. The average Bonchev–Trinajstić information content (AvgIpc) is 3.39. The van der Waals surface area contributed by atoms with Crippen molar-refractivity contribution in [2.24, 2.45) is 0 Å². The molecule has 162 valence electrons. The molecule has 1 fully saturated rings. The zero-order valence-corrected chi connectivity index (χ0v) is 18.9. The van der Waals surface area contributed by atoms with Crippen LogP contribution in [0.25, 0.3) is 20.4 Å².